The number of carbonyl (C=O) groups excluding carboxylic acids is 5. The fourth-order valence-corrected chi connectivity index (χ4v) is 4.85. The van der Waals surface area contributed by atoms with E-state index in [1.54, 1.807) is 19.1 Å². The summed E-state index contributed by atoms with van der Waals surface area (Å²) in [7, 11) is 0. The van der Waals surface area contributed by atoms with Crippen LogP contribution in [0.15, 0.2) is 59.9 Å². The Morgan fingerprint density at radius 2 is 1.79 bits per heavy atom. The maximum atomic E-state index is 13.5. The van der Waals surface area contributed by atoms with Crippen molar-refractivity contribution < 1.29 is 57.6 Å². The van der Waals surface area contributed by atoms with E-state index in [1.165, 1.54) is 6.08 Å². The highest BCUT2D eigenvalue weighted by Gasteiger charge is 2.63. The number of Topliss-reactive ketones (excluding diaryl/α,β-unsaturated/α-hetero) is 1. The van der Waals surface area contributed by atoms with Crippen LogP contribution in [-0.4, -0.2) is 70.3 Å². The van der Waals surface area contributed by atoms with E-state index in [2.05, 4.69) is 0 Å². The summed E-state index contributed by atoms with van der Waals surface area (Å²) in [4.78, 5) is 75.0. The molecule has 3 aliphatic rings. The summed E-state index contributed by atoms with van der Waals surface area (Å²) < 4.78 is 28.6. The van der Waals surface area contributed by atoms with Crippen LogP contribution in [0.5, 0.6) is 0 Å². The number of esters is 3. The van der Waals surface area contributed by atoms with Crippen LogP contribution in [0, 0.1) is 0 Å². The highest BCUT2D eigenvalue weighted by Crippen LogP contribution is 2.46. The van der Waals surface area contributed by atoms with E-state index < -0.39 is 78.0 Å². The van der Waals surface area contributed by atoms with Gasteiger partial charge >= 0.3 is 23.9 Å². The number of carboxylic acid groups (broad SMARTS) is 1. The molecule has 1 saturated heterocycles. The van der Waals surface area contributed by atoms with E-state index in [1.807, 2.05) is 19.1 Å². The van der Waals surface area contributed by atoms with Crippen molar-refractivity contribution in [1.29, 1.82) is 0 Å². The molecule has 0 aromatic rings. The van der Waals surface area contributed by atoms with Gasteiger partial charge in [-0.3, -0.25) is 24.0 Å². The zero-order valence-electron chi connectivity index (χ0n) is 24.5. The maximum Gasteiger partial charge on any atom is 0.331 e. The van der Waals surface area contributed by atoms with Crippen molar-refractivity contribution in [3.63, 3.8) is 0 Å². The number of ketones is 2. The monoisotopic (exact) mass is 600 g/mol. The molecule has 0 amide bonds. The van der Waals surface area contributed by atoms with Gasteiger partial charge in [-0.05, 0) is 39.2 Å². The first-order valence-electron chi connectivity index (χ1n) is 14.0. The first-order chi connectivity index (χ1) is 20.3. The van der Waals surface area contributed by atoms with E-state index in [-0.39, 0.29) is 17.6 Å². The van der Waals surface area contributed by atoms with E-state index in [4.69, 9.17) is 28.8 Å². The maximum absolute atomic E-state index is 13.5. The van der Waals surface area contributed by atoms with Crippen LogP contribution in [0.2, 0.25) is 0 Å². The Morgan fingerprint density at radius 3 is 2.47 bits per heavy atom. The normalized spacial score (nSPS) is 28.8. The zero-order valence-corrected chi connectivity index (χ0v) is 24.5. The first kappa shape index (κ1) is 33.2. The summed E-state index contributed by atoms with van der Waals surface area (Å²) in [6, 6.07) is 0. The van der Waals surface area contributed by atoms with Crippen LogP contribution in [0.3, 0.4) is 0 Å². The predicted molar refractivity (Wildman–Crippen MR) is 149 cm³/mol. The van der Waals surface area contributed by atoms with Gasteiger partial charge in [0.1, 0.15) is 0 Å². The number of rotatable bonds is 11. The molecule has 0 bridgehead atoms. The molecule has 2 heterocycles. The molecule has 0 saturated carbocycles. The molecular weight excluding hydrogens is 564 g/mol. The zero-order chi connectivity index (χ0) is 31.8. The third kappa shape index (κ3) is 7.75. The molecule has 43 heavy (non-hydrogen) atoms. The highest BCUT2D eigenvalue weighted by molar-refractivity contribution is 6.26. The number of aliphatic carboxylic acids is 1. The molecule has 232 valence electrons. The van der Waals surface area contributed by atoms with Crippen LogP contribution in [0.1, 0.15) is 66.2 Å². The van der Waals surface area contributed by atoms with Crippen molar-refractivity contribution in [2.75, 3.05) is 0 Å². The number of carbonyl (C=O) groups is 6. The number of fused-ring (bicyclic) bond motifs is 1. The third-order valence-corrected chi connectivity index (χ3v) is 6.98. The summed E-state index contributed by atoms with van der Waals surface area (Å²) in [5, 5.41) is 8.96. The van der Waals surface area contributed by atoms with Crippen LogP contribution in [0.4, 0.5) is 0 Å². The van der Waals surface area contributed by atoms with Gasteiger partial charge in [-0.15, -0.1) is 0 Å². The van der Waals surface area contributed by atoms with Gasteiger partial charge in [-0.25, -0.2) is 4.79 Å². The van der Waals surface area contributed by atoms with Crippen LogP contribution in [-0.2, 0) is 52.5 Å². The molecule has 1 aliphatic carbocycles. The molecule has 2 aliphatic heterocycles. The predicted octanol–water partition coefficient (Wildman–Crippen LogP) is 3.35. The lowest BCUT2D eigenvalue weighted by Crippen LogP contribution is -2.65. The smallest absolute Gasteiger partial charge is 0.331 e. The molecule has 1 spiro atoms. The highest BCUT2D eigenvalue weighted by atomic mass is 16.7. The van der Waals surface area contributed by atoms with E-state index >= 15 is 0 Å². The van der Waals surface area contributed by atoms with Gasteiger partial charge in [-0.2, -0.15) is 0 Å². The SMILES string of the molecule is CCC/C=C/C=C/C=C/C(=O)O[C@H]1C2=CC(=O)[C@](C)(OC(C)=O)C(=O)C2=CO[C@@]12O[C@@H](C)CC[C@H]2OC(=O)CCC(=O)O. The van der Waals surface area contributed by atoms with Gasteiger partial charge in [0.05, 0.1) is 30.8 Å². The quantitative estimate of drug-likeness (QED) is 0.121. The van der Waals surface area contributed by atoms with E-state index in [0.717, 1.165) is 45.1 Å². The average Bonchev–Trinajstić information content (AvgIpc) is 2.93. The van der Waals surface area contributed by atoms with Crippen LogP contribution in [0.25, 0.3) is 0 Å². The van der Waals surface area contributed by atoms with Gasteiger partial charge in [0.25, 0.3) is 5.79 Å². The molecule has 0 aromatic heterocycles. The summed E-state index contributed by atoms with van der Waals surface area (Å²) in [5.74, 6) is -7.62. The minimum absolute atomic E-state index is 0.0913. The van der Waals surface area contributed by atoms with Crippen molar-refractivity contribution in [1.82, 2.24) is 0 Å². The summed E-state index contributed by atoms with van der Waals surface area (Å²) >= 11 is 0. The van der Waals surface area contributed by atoms with Gasteiger partial charge in [0, 0.05) is 18.6 Å². The van der Waals surface area contributed by atoms with Crippen molar-refractivity contribution in [3.8, 4) is 0 Å². The van der Waals surface area contributed by atoms with Crippen molar-refractivity contribution in [2.24, 2.45) is 0 Å². The number of allylic oxidation sites excluding steroid dienone is 5. The summed E-state index contributed by atoms with van der Waals surface area (Å²) in [6.45, 7) is 5.96. The Labute approximate surface area is 249 Å². The average molecular weight is 601 g/mol. The molecule has 1 fully saturated rings. The lowest BCUT2D eigenvalue weighted by molar-refractivity contribution is -0.333. The Balaban J connectivity index is 2.03. The van der Waals surface area contributed by atoms with E-state index in [9.17, 15) is 28.8 Å². The number of hydrogen-bond acceptors (Lipinski definition) is 11. The van der Waals surface area contributed by atoms with Crippen molar-refractivity contribution in [3.05, 3.63) is 59.9 Å². The van der Waals surface area contributed by atoms with Gasteiger partial charge in [0.2, 0.25) is 17.2 Å². The Hall–Kier alpha value is -4.32. The molecule has 12 heteroatoms. The second-order valence-corrected chi connectivity index (χ2v) is 10.4. The molecule has 12 nitrogen and oxygen atoms in total. The van der Waals surface area contributed by atoms with Gasteiger partial charge < -0.3 is 28.8 Å². The Morgan fingerprint density at radius 1 is 1.07 bits per heavy atom. The fraction of sp³-hybridized carbons (Fsp3) is 0.484. The molecule has 3 rings (SSSR count). The largest absolute Gasteiger partial charge is 0.481 e. The molecule has 1 N–H and O–H groups in total. The minimum Gasteiger partial charge on any atom is -0.481 e. The number of ether oxygens (including phenoxy) is 5. The topological polar surface area (TPSA) is 169 Å². The molecule has 5 atom stereocenters. The number of unbranched alkanes of at least 4 members (excludes halogenated alkanes) is 1. The Kier molecular flexibility index (Phi) is 11.0. The van der Waals surface area contributed by atoms with Gasteiger partial charge in [0.15, 0.2) is 12.2 Å². The van der Waals surface area contributed by atoms with Gasteiger partial charge in [-0.1, -0.05) is 43.7 Å². The minimum atomic E-state index is -2.18. The first-order valence-corrected chi connectivity index (χ1v) is 14.0. The number of hydrogen-bond donors (Lipinski definition) is 1. The lowest BCUT2D eigenvalue weighted by Gasteiger charge is -2.50. The van der Waals surface area contributed by atoms with Crippen LogP contribution >= 0.6 is 0 Å². The molecule has 0 unspecified atom stereocenters. The van der Waals surface area contributed by atoms with Crippen molar-refractivity contribution in [2.45, 2.75) is 95.9 Å². The van der Waals surface area contributed by atoms with E-state index in [0.29, 0.717) is 6.42 Å². The lowest BCUT2D eigenvalue weighted by atomic mass is 9.75. The standard InChI is InChI=1S/C31H36O12/c1-5-6-7-8-9-10-11-12-26(36)41-29-21-17-23(33)30(4,43-20(3)32)28(38)22(21)18-39-31(29)24(14-13-19(2)42-31)40-27(37)16-15-25(34)35/h7-12,17-19,24,29H,5-6,13-16H2,1-4H3,(H,34,35)/b8-7+,10-9+,12-11+/t19-,24+,29-,30-,31-/m0/s1. The second-order valence-electron chi connectivity index (χ2n) is 10.4. The molecule has 0 radical (unpaired) electrons. The third-order valence-electron chi connectivity index (χ3n) is 6.98. The van der Waals surface area contributed by atoms with Crippen molar-refractivity contribution >= 4 is 35.4 Å². The summed E-state index contributed by atoms with van der Waals surface area (Å²) in [5.41, 5.74) is -2.47. The second kappa shape index (κ2) is 14.2. The molecular formula is C31H36O12. The Bertz CT molecular complexity index is 1300. The van der Waals surface area contributed by atoms with Crippen LogP contribution < -0.4 is 0 Å². The summed E-state index contributed by atoms with van der Waals surface area (Å²) in [6.07, 6.45) is 9.93. The number of carboxylic acids is 1. The molecule has 0 aromatic carbocycles. The fourth-order valence-electron chi connectivity index (χ4n) is 4.85.